The van der Waals surface area contributed by atoms with Crippen LogP contribution in [-0.2, 0) is 10.3 Å². The zero-order chi connectivity index (χ0) is 23.2. The van der Waals surface area contributed by atoms with E-state index in [1.807, 2.05) is 29.1 Å². The lowest BCUT2D eigenvalue weighted by Gasteiger charge is -2.56. The molecule has 0 aliphatic heterocycles. The van der Waals surface area contributed by atoms with Gasteiger partial charge in [0.1, 0.15) is 17.3 Å². The van der Waals surface area contributed by atoms with Crippen molar-refractivity contribution in [2.75, 3.05) is 13.7 Å². The molecule has 174 valence electrons. The van der Waals surface area contributed by atoms with Crippen molar-refractivity contribution < 1.29 is 23.8 Å². The lowest BCUT2D eigenvalue weighted by atomic mass is 9.60. The molecule has 3 saturated carbocycles. The highest BCUT2D eigenvalue weighted by atomic mass is 35.5. The lowest BCUT2D eigenvalue weighted by Crippen LogP contribution is -2.67. The molecule has 2 bridgehead atoms. The number of methoxy groups -OCH3 is 1. The van der Waals surface area contributed by atoms with Gasteiger partial charge in [0.2, 0.25) is 0 Å². The van der Waals surface area contributed by atoms with Crippen molar-refractivity contribution in [3.8, 4) is 11.5 Å². The van der Waals surface area contributed by atoms with Crippen molar-refractivity contribution >= 4 is 28.4 Å². The summed E-state index contributed by atoms with van der Waals surface area (Å²) < 4.78 is 26.3. The van der Waals surface area contributed by atoms with Crippen molar-refractivity contribution in [2.24, 2.45) is 0 Å². The minimum absolute atomic E-state index is 0.00840. The molecule has 1 heterocycles. The van der Waals surface area contributed by atoms with Crippen LogP contribution in [-0.4, -0.2) is 46.2 Å². The maximum Gasteiger partial charge on any atom is 0.258 e. The second-order valence-electron chi connectivity index (χ2n) is 9.01. The number of amides is 1. The number of ether oxygens (including phenoxy) is 2. The standard InChI is InChI=1S/C24H25ClFN3O4/c1-32-16-3-5-20-15(10-16)13-29(28-20)23-6-8-24(9-7-23,21(30)12-23)27-22(31)14-33-17-2-4-18(25)19(26)11-17/h2-5,10-11,13,21,30H,6-9,12,14H2,1H3,(H,27,31)/t21-,23?,24?/m0/s1. The number of nitrogens with zero attached hydrogens (tertiary/aromatic N) is 2. The van der Waals surface area contributed by atoms with Crippen LogP contribution in [0.4, 0.5) is 4.39 Å². The quantitative estimate of drug-likeness (QED) is 0.568. The molecule has 3 fully saturated rings. The monoisotopic (exact) mass is 473 g/mol. The van der Waals surface area contributed by atoms with Crippen LogP contribution in [0.25, 0.3) is 10.9 Å². The van der Waals surface area contributed by atoms with E-state index in [-0.39, 0.29) is 28.8 Å². The predicted octanol–water partition coefficient (Wildman–Crippen LogP) is 3.81. The van der Waals surface area contributed by atoms with Crippen LogP contribution < -0.4 is 14.8 Å². The molecule has 7 nitrogen and oxygen atoms in total. The predicted molar refractivity (Wildman–Crippen MR) is 121 cm³/mol. The Hall–Kier alpha value is -2.84. The molecule has 3 aliphatic rings. The maximum absolute atomic E-state index is 13.6. The number of rotatable bonds is 6. The largest absolute Gasteiger partial charge is 0.497 e. The number of fused-ring (bicyclic) bond motifs is 4. The molecule has 9 heteroatoms. The van der Waals surface area contributed by atoms with Crippen LogP contribution in [0.5, 0.6) is 11.5 Å². The molecule has 1 atom stereocenters. The number of hydrogen-bond acceptors (Lipinski definition) is 5. The Balaban J connectivity index is 1.26. The van der Waals surface area contributed by atoms with Crippen molar-refractivity contribution in [3.63, 3.8) is 0 Å². The van der Waals surface area contributed by atoms with E-state index in [0.29, 0.717) is 19.3 Å². The summed E-state index contributed by atoms with van der Waals surface area (Å²) in [5, 5.41) is 19.8. The third-order valence-corrected chi connectivity index (χ3v) is 7.44. The molecule has 0 spiro atoms. The van der Waals surface area contributed by atoms with Gasteiger partial charge in [-0.05, 0) is 56.0 Å². The smallest absolute Gasteiger partial charge is 0.258 e. The lowest BCUT2D eigenvalue weighted by molar-refractivity contribution is -0.134. The first kappa shape index (κ1) is 22.0. The summed E-state index contributed by atoms with van der Waals surface area (Å²) in [7, 11) is 1.63. The molecule has 1 amide bonds. The van der Waals surface area contributed by atoms with E-state index in [1.54, 1.807) is 7.11 Å². The van der Waals surface area contributed by atoms with Crippen molar-refractivity contribution in [1.82, 2.24) is 15.1 Å². The molecule has 1 aromatic heterocycles. The molecule has 0 saturated heterocycles. The Labute approximate surface area is 195 Å². The van der Waals surface area contributed by atoms with Crippen LogP contribution in [0.1, 0.15) is 32.1 Å². The maximum atomic E-state index is 13.6. The van der Waals surface area contributed by atoms with Crippen LogP contribution in [0.3, 0.4) is 0 Å². The first-order valence-corrected chi connectivity index (χ1v) is 11.3. The highest BCUT2D eigenvalue weighted by Gasteiger charge is 2.56. The zero-order valence-corrected chi connectivity index (χ0v) is 18.9. The van der Waals surface area contributed by atoms with Crippen LogP contribution in [0, 0.1) is 5.82 Å². The number of hydrogen-bond donors (Lipinski definition) is 2. The van der Waals surface area contributed by atoms with Gasteiger partial charge in [0.15, 0.2) is 6.61 Å². The Morgan fingerprint density at radius 1 is 1.24 bits per heavy atom. The van der Waals surface area contributed by atoms with Gasteiger partial charge in [0, 0.05) is 24.1 Å². The van der Waals surface area contributed by atoms with Gasteiger partial charge >= 0.3 is 0 Å². The Bertz CT molecular complexity index is 1210. The third-order valence-electron chi connectivity index (χ3n) is 7.13. The highest BCUT2D eigenvalue weighted by molar-refractivity contribution is 6.30. The number of aliphatic hydroxyl groups is 1. The molecule has 33 heavy (non-hydrogen) atoms. The van der Waals surface area contributed by atoms with Crippen molar-refractivity contribution in [1.29, 1.82) is 0 Å². The minimum Gasteiger partial charge on any atom is -0.497 e. The van der Waals surface area contributed by atoms with E-state index in [9.17, 15) is 14.3 Å². The second-order valence-corrected chi connectivity index (χ2v) is 9.42. The number of halogens is 2. The van der Waals surface area contributed by atoms with E-state index in [0.717, 1.165) is 35.6 Å². The van der Waals surface area contributed by atoms with Gasteiger partial charge < -0.3 is 19.9 Å². The molecule has 3 aliphatic carbocycles. The molecular formula is C24H25ClFN3O4. The summed E-state index contributed by atoms with van der Waals surface area (Å²) in [6.07, 6.45) is 4.66. The van der Waals surface area contributed by atoms with Crippen molar-refractivity contribution in [3.05, 3.63) is 53.4 Å². The fourth-order valence-electron chi connectivity index (χ4n) is 5.19. The topological polar surface area (TPSA) is 85.6 Å². The normalized spacial score (nSPS) is 26.4. The summed E-state index contributed by atoms with van der Waals surface area (Å²) >= 11 is 5.67. The Morgan fingerprint density at radius 3 is 2.70 bits per heavy atom. The van der Waals surface area contributed by atoms with Gasteiger partial charge in [-0.3, -0.25) is 9.48 Å². The molecule has 6 rings (SSSR count). The fourth-order valence-corrected chi connectivity index (χ4v) is 5.31. The Kier molecular flexibility index (Phi) is 5.45. The van der Waals surface area contributed by atoms with Gasteiger partial charge in [-0.15, -0.1) is 0 Å². The summed E-state index contributed by atoms with van der Waals surface area (Å²) in [6.45, 7) is -0.271. The number of aliphatic hydroxyl groups excluding tert-OH is 1. The zero-order valence-electron chi connectivity index (χ0n) is 18.2. The summed E-state index contributed by atoms with van der Waals surface area (Å²) in [5.41, 5.74) is -0.0928. The third kappa shape index (κ3) is 3.91. The van der Waals surface area contributed by atoms with E-state index >= 15 is 0 Å². The Morgan fingerprint density at radius 2 is 2.00 bits per heavy atom. The molecule has 2 N–H and O–H groups in total. The molecular weight excluding hydrogens is 449 g/mol. The number of aromatic nitrogens is 2. The highest BCUT2D eigenvalue weighted by Crippen LogP contribution is 2.51. The number of benzene rings is 2. The average molecular weight is 474 g/mol. The SMILES string of the molecule is COc1ccc2nn(C34CCC(NC(=O)COc5ccc(Cl)c(F)c5)(CC3)[C@@H](O)C4)cc2c1. The number of nitrogens with one attached hydrogen (secondary N) is 1. The molecule has 2 aromatic carbocycles. The van der Waals surface area contributed by atoms with E-state index < -0.39 is 17.5 Å². The number of carbonyl (C=O) groups excluding carboxylic acids is 1. The summed E-state index contributed by atoms with van der Waals surface area (Å²) in [4.78, 5) is 12.6. The van der Waals surface area contributed by atoms with Crippen molar-refractivity contribution in [2.45, 2.75) is 49.3 Å². The van der Waals surface area contributed by atoms with Gasteiger partial charge in [-0.25, -0.2) is 4.39 Å². The van der Waals surface area contributed by atoms with Crippen LogP contribution in [0.2, 0.25) is 5.02 Å². The van der Waals surface area contributed by atoms with E-state index in [4.69, 9.17) is 26.2 Å². The fraction of sp³-hybridized carbons (Fsp3) is 0.417. The second kappa shape index (κ2) is 8.18. The van der Waals surface area contributed by atoms with Gasteiger partial charge in [-0.2, -0.15) is 5.10 Å². The number of carbonyl (C=O) groups is 1. The van der Waals surface area contributed by atoms with Crippen LogP contribution in [0.15, 0.2) is 42.6 Å². The van der Waals surface area contributed by atoms with Gasteiger partial charge in [-0.1, -0.05) is 11.6 Å². The minimum atomic E-state index is -0.709. The molecule has 0 unspecified atom stereocenters. The molecule has 3 aromatic rings. The molecule has 0 radical (unpaired) electrons. The first-order valence-electron chi connectivity index (χ1n) is 10.9. The first-order chi connectivity index (χ1) is 15.8. The van der Waals surface area contributed by atoms with Gasteiger partial charge in [0.25, 0.3) is 5.91 Å². The summed E-state index contributed by atoms with van der Waals surface area (Å²) in [5.74, 6) is 0.0379. The van der Waals surface area contributed by atoms with E-state index in [2.05, 4.69) is 5.32 Å². The van der Waals surface area contributed by atoms with Gasteiger partial charge in [0.05, 0.1) is 34.8 Å². The average Bonchev–Trinajstić information content (AvgIpc) is 3.25. The summed E-state index contributed by atoms with van der Waals surface area (Å²) in [6, 6.07) is 9.79. The van der Waals surface area contributed by atoms with Crippen LogP contribution >= 0.6 is 11.6 Å². The van der Waals surface area contributed by atoms with E-state index in [1.165, 1.54) is 12.1 Å².